The summed E-state index contributed by atoms with van der Waals surface area (Å²) >= 11 is 0. The molecule has 5 nitrogen and oxygen atoms in total. The monoisotopic (exact) mass is 379 g/mol. The summed E-state index contributed by atoms with van der Waals surface area (Å²) in [7, 11) is 1.88. The van der Waals surface area contributed by atoms with Crippen LogP contribution in [0.25, 0.3) is 0 Å². The lowest BCUT2D eigenvalue weighted by molar-refractivity contribution is -0.139. The molecule has 2 heterocycles. The average Bonchev–Trinajstić information content (AvgIpc) is 3.14. The number of aromatic nitrogens is 2. The van der Waals surface area contributed by atoms with E-state index in [0.717, 1.165) is 11.1 Å². The third-order valence-electron chi connectivity index (χ3n) is 5.12. The molecule has 0 saturated carbocycles. The zero-order valence-corrected chi connectivity index (χ0v) is 15.9. The summed E-state index contributed by atoms with van der Waals surface area (Å²) in [5.74, 6) is -0.501. The Hall–Kier alpha value is -3.15. The van der Waals surface area contributed by atoms with Crippen LogP contribution < -0.4 is 4.74 Å². The molecule has 144 valence electrons. The maximum atomic E-state index is 13.9. The Bertz CT molecular complexity index is 1000. The van der Waals surface area contributed by atoms with Crippen molar-refractivity contribution in [1.29, 1.82) is 0 Å². The number of fused-ring (bicyclic) bond motifs is 1. The molecule has 6 heteroatoms. The van der Waals surface area contributed by atoms with Crippen molar-refractivity contribution in [2.75, 3.05) is 6.54 Å². The predicted octanol–water partition coefficient (Wildman–Crippen LogP) is 3.50. The van der Waals surface area contributed by atoms with E-state index in [0.29, 0.717) is 13.1 Å². The smallest absolute Gasteiger partial charge is 0.263 e. The zero-order chi connectivity index (χ0) is 19.7. The number of nitrogens with zero attached hydrogens (tertiary/aromatic N) is 3. The number of hydrogen-bond acceptors (Lipinski definition) is 3. The number of hydrogen-bond donors (Lipinski definition) is 0. The number of carbonyl (C=O) groups excluding carboxylic acids is 1. The number of amides is 1. The van der Waals surface area contributed by atoms with E-state index in [1.807, 2.05) is 37.6 Å². The Kier molecular flexibility index (Phi) is 4.86. The molecule has 1 aromatic heterocycles. The molecule has 0 spiro atoms. The van der Waals surface area contributed by atoms with Gasteiger partial charge < -0.3 is 9.64 Å². The van der Waals surface area contributed by atoms with Crippen molar-refractivity contribution in [2.45, 2.75) is 25.5 Å². The quantitative estimate of drug-likeness (QED) is 0.697. The first-order valence-electron chi connectivity index (χ1n) is 9.29. The van der Waals surface area contributed by atoms with Crippen LogP contribution in [-0.2, 0) is 18.4 Å². The highest BCUT2D eigenvalue weighted by Crippen LogP contribution is 2.33. The molecule has 0 fully saturated rings. The molecule has 0 aliphatic carbocycles. The molecular weight excluding hydrogens is 357 g/mol. The van der Waals surface area contributed by atoms with Crippen LogP contribution >= 0.6 is 0 Å². The van der Waals surface area contributed by atoms with Gasteiger partial charge in [0.15, 0.2) is 17.7 Å². The van der Waals surface area contributed by atoms with E-state index < -0.39 is 11.9 Å². The Labute approximate surface area is 163 Å². The minimum atomic E-state index is -0.781. The van der Waals surface area contributed by atoms with Gasteiger partial charge >= 0.3 is 0 Å². The van der Waals surface area contributed by atoms with Crippen molar-refractivity contribution in [2.24, 2.45) is 7.05 Å². The van der Waals surface area contributed by atoms with Gasteiger partial charge in [0.1, 0.15) is 0 Å². The zero-order valence-electron chi connectivity index (χ0n) is 15.9. The largest absolute Gasteiger partial charge is 0.478 e. The normalized spacial score (nSPS) is 17.1. The fourth-order valence-electron chi connectivity index (χ4n) is 3.72. The van der Waals surface area contributed by atoms with Crippen molar-refractivity contribution >= 4 is 5.91 Å². The Morgan fingerprint density at radius 3 is 2.71 bits per heavy atom. The number of carbonyl (C=O) groups is 1. The fraction of sp³-hybridized carbons (Fsp3) is 0.273. The third kappa shape index (κ3) is 3.50. The van der Waals surface area contributed by atoms with Crippen LogP contribution in [0.5, 0.6) is 5.75 Å². The summed E-state index contributed by atoms with van der Waals surface area (Å²) in [5.41, 5.74) is 3.38. The van der Waals surface area contributed by atoms with Gasteiger partial charge in [-0.1, -0.05) is 36.4 Å². The standard InChI is InChI=1S/C22H22FN3O2/c1-15(28-21-10-6-5-9-20(21)23)22(27)26-13-16-7-3-4-8-18(16)19(14-26)17-11-24-25(2)12-17/h3-12,15,19H,13-14H2,1-2H3/t15-,19+/m1/s1. The molecule has 4 rings (SSSR count). The summed E-state index contributed by atoms with van der Waals surface area (Å²) in [4.78, 5) is 14.8. The van der Waals surface area contributed by atoms with E-state index in [4.69, 9.17) is 4.74 Å². The maximum Gasteiger partial charge on any atom is 0.263 e. The van der Waals surface area contributed by atoms with Crippen molar-refractivity contribution < 1.29 is 13.9 Å². The molecule has 0 bridgehead atoms. The van der Waals surface area contributed by atoms with Crippen LogP contribution in [0, 0.1) is 5.82 Å². The number of benzene rings is 2. The van der Waals surface area contributed by atoms with Crippen molar-refractivity contribution in [3.05, 3.63) is 83.4 Å². The molecule has 0 unspecified atom stereocenters. The molecule has 0 saturated heterocycles. The van der Waals surface area contributed by atoms with E-state index in [1.165, 1.54) is 17.7 Å². The number of ether oxygens (including phenoxy) is 1. The van der Waals surface area contributed by atoms with Gasteiger partial charge in [0.25, 0.3) is 5.91 Å². The molecule has 3 aromatic rings. The highest BCUT2D eigenvalue weighted by molar-refractivity contribution is 5.81. The van der Waals surface area contributed by atoms with Gasteiger partial charge in [-0.2, -0.15) is 5.10 Å². The van der Waals surface area contributed by atoms with E-state index >= 15 is 0 Å². The minimum absolute atomic E-state index is 0.0447. The second-order valence-corrected chi connectivity index (χ2v) is 7.11. The topological polar surface area (TPSA) is 47.4 Å². The molecule has 2 aromatic carbocycles. The summed E-state index contributed by atoms with van der Waals surface area (Å²) < 4.78 is 21.3. The van der Waals surface area contributed by atoms with Crippen LogP contribution in [0.3, 0.4) is 0 Å². The van der Waals surface area contributed by atoms with Crippen molar-refractivity contribution in [3.63, 3.8) is 0 Å². The highest BCUT2D eigenvalue weighted by atomic mass is 19.1. The molecular formula is C22H22FN3O2. The van der Waals surface area contributed by atoms with Gasteiger partial charge in [-0.15, -0.1) is 0 Å². The molecule has 0 radical (unpaired) electrons. The third-order valence-corrected chi connectivity index (χ3v) is 5.12. The van der Waals surface area contributed by atoms with Gasteiger partial charge in [0, 0.05) is 32.3 Å². The predicted molar refractivity (Wildman–Crippen MR) is 103 cm³/mol. The molecule has 1 aliphatic heterocycles. The molecule has 1 amide bonds. The first kappa shape index (κ1) is 18.2. The summed E-state index contributed by atoms with van der Waals surface area (Å²) in [5, 5.41) is 4.28. The van der Waals surface area contributed by atoms with Gasteiger partial charge in [-0.25, -0.2) is 4.39 Å². The lowest BCUT2D eigenvalue weighted by Gasteiger charge is -2.35. The minimum Gasteiger partial charge on any atom is -0.478 e. The second-order valence-electron chi connectivity index (χ2n) is 7.11. The van der Waals surface area contributed by atoms with Gasteiger partial charge in [-0.3, -0.25) is 9.48 Å². The average molecular weight is 379 g/mol. The molecule has 1 aliphatic rings. The van der Waals surface area contributed by atoms with Crippen molar-refractivity contribution in [1.82, 2.24) is 14.7 Å². The Morgan fingerprint density at radius 1 is 1.21 bits per heavy atom. The summed E-state index contributed by atoms with van der Waals surface area (Å²) in [6.45, 7) is 2.71. The highest BCUT2D eigenvalue weighted by Gasteiger charge is 2.32. The summed E-state index contributed by atoms with van der Waals surface area (Å²) in [6.07, 6.45) is 3.04. The molecule has 28 heavy (non-hydrogen) atoms. The van der Waals surface area contributed by atoms with Gasteiger partial charge in [-0.05, 0) is 35.7 Å². The van der Waals surface area contributed by atoms with E-state index in [1.54, 1.807) is 28.6 Å². The molecule has 2 atom stereocenters. The van der Waals surface area contributed by atoms with Crippen LogP contribution in [0.15, 0.2) is 60.9 Å². The number of para-hydroxylation sites is 1. The van der Waals surface area contributed by atoms with Crippen LogP contribution in [0.2, 0.25) is 0 Å². The summed E-state index contributed by atoms with van der Waals surface area (Å²) in [6, 6.07) is 14.3. The Balaban J connectivity index is 1.58. The maximum absolute atomic E-state index is 13.9. The van der Waals surface area contributed by atoms with Crippen molar-refractivity contribution in [3.8, 4) is 5.75 Å². The van der Waals surface area contributed by atoms with Gasteiger partial charge in [0.2, 0.25) is 0 Å². The fourth-order valence-corrected chi connectivity index (χ4v) is 3.72. The Morgan fingerprint density at radius 2 is 1.96 bits per heavy atom. The first-order valence-corrected chi connectivity index (χ1v) is 9.29. The second kappa shape index (κ2) is 7.46. The lowest BCUT2D eigenvalue weighted by Crippen LogP contribution is -2.44. The van der Waals surface area contributed by atoms with Crippen LogP contribution in [0.1, 0.15) is 29.5 Å². The van der Waals surface area contributed by atoms with E-state index in [2.05, 4.69) is 11.2 Å². The lowest BCUT2D eigenvalue weighted by atomic mass is 9.86. The number of rotatable bonds is 4. The van der Waals surface area contributed by atoms with Crippen LogP contribution in [0.4, 0.5) is 4.39 Å². The van der Waals surface area contributed by atoms with E-state index in [-0.39, 0.29) is 17.6 Å². The SMILES string of the molecule is C[C@@H](Oc1ccccc1F)C(=O)N1Cc2ccccc2[C@H](c2cnn(C)c2)C1. The number of halogens is 1. The van der Waals surface area contributed by atoms with Crippen LogP contribution in [-0.4, -0.2) is 33.2 Å². The molecule has 0 N–H and O–H groups in total. The number of aryl methyl sites for hydroxylation is 1. The van der Waals surface area contributed by atoms with E-state index in [9.17, 15) is 9.18 Å². The first-order chi connectivity index (χ1) is 13.5. The van der Waals surface area contributed by atoms with Gasteiger partial charge in [0.05, 0.1) is 6.20 Å².